The van der Waals surface area contributed by atoms with Gasteiger partial charge >= 0.3 is 6.03 Å². The SMILES string of the molecule is COc1ccc(NC(=O)NCC2COCCO2)c(F)c1. The fourth-order valence-corrected chi connectivity index (χ4v) is 1.75. The van der Waals surface area contributed by atoms with E-state index in [2.05, 4.69) is 10.6 Å². The molecule has 1 aromatic rings. The maximum Gasteiger partial charge on any atom is 0.319 e. The highest BCUT2D eigenvalue weighted by molar-refractivity contribution is 5.89. The highest BCUT2D eigenvalue weighted by atomic mass is 19.1. The van der Waals surface area contributed by atoms with E-state index in [1.54, 1.807) is 6.07 Å². The van der Waals surface area contributed by atoms with E-state index in [1.807, 2.05) is 0 Å². The van der Waals surface area contributed by atoms with E-state index in [1.165, 1.54) is 19.2 Å². The summed E-state index contributed by atoms with van der Waals surface area (Å²) in [5.74, 6) is -0.169. The second-order valence-corrected chi connectivity index (χ2v) is 4.25. The Balaban J connectivity index is 1.81. The van der Waals surface area contributed by atoms with Gasteiger partial charge in [0.15, 0.2) is 0 Å². The van der Waals surface area contributed by atoms with Crippen LogP contribution in [0.15, 0.2) is 18.2 Å². The van der Waals surface area contributed by atoms with Gasteiger partial charge in [0.05, 0.1) is 38.7 Å². The summed E-state index contributed by atoms with van der Waals surface area (Å²) in [5, 5.41) is 5.03. The Labute approximate surface area is 116 Å². The van der Waals surface area contributed by atoms with Crippen molar-refractivity contribution in [1.29, 1.82) is 0 Å². The standard InChI is InChI=1S/C13H17FN2O4/c1-18-9-2-3-12(11(14)6-9)16-13(17)15-7-10-8-19-4-5-20-10/h2-3,6,10H,4-5,7-8H2,1H3,(H2,15,16,17). The minimum absolute atomic E-state index is 0.0871. The molecule has 20 heavy (non-hydrogen) atoms. The zero-order valence-corrected chi connectivity index (χ0v) is 11.1. The molecule has 2 amide bonds. The lowest BCUT2D eigenvalue weighted by atomic mass is 10.3. The van der Waals surface area contributed by atoms with Crippen molar-refractivity contribution in [1.82, 2.24) is 5.32 Å². The first-order chi connectivity index (χ1) is 9.69. The second-order valence-electron chi connectivity index (χ2n) is 4.25. The molecule has 1 aliphatic heterocycles. The molecule has 1 unspecified atom stereocenters. The molecule has 1 aromatic carbocycles. The van der Waals surface area contributed by atoms with Crippen molar-refractivity contribution in [2.45, 2.75) is 6.10 Å². The van der Waals surface area contributed by atoms with Gasteiger partial charge in [-0.25, -0.2) is 9.18 Å². The van der Waals surface area contributed by atoms with Crippen LogP contribution < -0.4 is 15.4 Å². The average Bonchev–Trinajstić information content (AvgIpc) is 2.48. The molecule has 2 N–H and O–H groups in total. The van der Waals surface area contributed by atoms with Crippen LogP contribution in [0.3, 0.4) is 0 Å². The van der Waals surface area contributed by atoms with Crippen LogP contribution in [0.25, 0.3) is 0 Å². The van der Waals surface area contributed by atoms with Crippen LogP contribution in [0.5, 0.6) is 5.75 Å². The number of halogens is 1. The van der Waals surface area contributed by atoms with Crippen LogP contribution in [0.1, 0.15) is 0 Å². The summed E-state index contributed by atoms with van der Waals surface area (Å²) in [6.07, 6.45) is -0.171. The Morgan fingerprint density at radius 3 is 3.00 bits per heavy atom. The van der Waals surface area contributed by atoms with Crippen LogP contribution in [0.4, 0.5) is 14.9 Å². The van der Waals surface area contributed by atoms with Crippen molar-refractivity contribution in [2.75, 3.05) is 38.8 Å². The number of ether oxygens (including phenoxy) is 3. The van der Waals surface area contributed by atoms with E-state index in [-0.39, 0.29) is 11.8 Å². The Morgan fingerprint density at radius 2 is 2.35 bits per heavy atom. The quantitative estimate of drug-likeness (QED) is 0.876. The number of hydrogen-bond donors (Lipinski definition) is 2. The summed E-state index contributed by atoms with van der Waals surface area (Å²) >= 11 is 0. The molecule has 0 aliphatic carbocycles. The molecule has 110 valence electrons. The minimum atomic E-state index is -0.559. The van der Waals surface area contributed by atoms with Crippen LogP contribution in [0, 0.1) is 5.82 Å². The first-order valence-corrected chi connectivity index (χ1v) is 6.27. The van der Waals surface area contributed by atoms with Gasteiger partial charge in [-0.2, -0.15) is 0 Å². The molecule has 7 heteroatoms. The van der Waals surface area contributed by atoms with Crippen molar-refractivity contribution in [2.24, 2.45) is 0 Å². The van der Waals surface area contributed by atoms with Crippen molar-refractivity contribution in [3.05, 3.63) is 24.0 Å². The van der Waals surface area contributed by atoms with Gasteiger partial charge in [0, 0.05) is 12.6 Å². The lowest BCUT2D eigenvalue weighted by Crippen LogP contribution is -2.41. The monoisotopic (exact) mass is 284 g/mol. The van der Waals surface area contributed by atoms with Crippen LogP contribution >= 0.6 is 0 Å². The molecule has 6 nitrogen and oxygen atoms in total. The van der Waals surface area contributed by atoms with Gasteiger partial charge in [0.1, 0.15) is 11.6 Å². The fraction of sp³-hybridized carbons (Fsp3) is 0.462. The third-order valence-corrected chi connectivity index (χ3v) is 2.80. The van der Waals surface area contributed by atoms with Crippen molar-refractivity contribution < 1.29 is 23.4 Å². The Kier molecular flexibility index (Phi) is 5.14. The maximum atomic E-state index is 13.6. The molecule has 1 atom stereocenters. The van der Waals surface area contributed by atoms with Crippen LogP contribution in [0.2, 0.25) is 0 Å². The predicted molar refractivity (Wildman–Crippen MR) is 70.5 cm³/mol. The fourth-order valence-electron chi connectivity index (χ4n) is 1.75. The minimum Gasteiger partial charge on any atom is -0.497 e. The van der Waals surface area contributed by atoms with Crippen molar-refractivity contribution >= 4 is 11.7 Å². The Bertz CT molecular complexity index is 464. The summed E-state index contributed by atoms with van der Waals surface area (Å²) in [6.45, 7) is 1.83. The van der Waals surface area contributed by atoms with Crippen LogP contribution in [-0.4, -0.2) is 45.6 Å². The predicted octanol–water partition coefficient (Wildman–Crippen LogP) is 1.37. The number of urea groups is 1. The topological polar surface area (TPSA) is 68.8 Å². The molecule has 0 bridgehead atoms. The zero-order valence-electron chi connectivity index (χ0n) is 11.1. The lowest BCUT2D eigenvalue weighted by Gasteiger charge is -2.23. The van der Waals surface area contributed by atoms with Gasteiger partial charge in [0.25, 0.3) is 0 Å². The van der Waals surface area contributed by atoms with Crippen molar-refractivity contribution in [3.63, 3.8) is 0 Å². The Hall–Kier alpha value is -1.86. The molecule has 1 aliphatic rings. The zero-order chi connectivity index (χ0) is 14.4. The summed E-state index contributed by atoms with van der Waals surface area (Å²) in [5.41, 5.74) is 0.0871. The number of methoxy groups -OCH3 is 1. The summed E-state index contributed by atoms with van der Waals surface area (Å²) in [7, 11) is 1.45. The molecular formula is C13H17FN2O4. The molecular weight excluding hydrogens is 267 g/mol. The number of anilines is 1. The van der Waals surface area contributed by atoms with Gasteiger partial charge < -0.3 is 24.8 Å². The lowest BCUT2D eigenvalue weighted by molar-refractivity contribution is -0.0852. The largest absolute Gasteiger partial charge is 0.497 e. The second kappa shape index (κ2) is 7.06. The number of hydrogen-bond acceptors (Lipinski definition) is 4. The summed E-state index contributed by atoms with van der Waals surface area (Å²) < 4.78 is 29.1. The van der Waals surface area contributed by atoms with Gasteiger partial charge in [-0.3, -0.25) is 0 Å². The van der Waals surface area contributed by atoms with E-state index in [0.29, 0.717) is 32.1 Å². The van der Waals surface area contributed by atoms with E-state index in [0.717, 1.165) is 0 Å². The van der Waals surface area contributed by atoms with E-state index < -0.39 is 11.8 Å². The van der Waals surface area contributed by atoms with Gasteiger partial charge in [-0.05, 0) is 12.1 Å². The summed E-state index contributed by atoms with van der Waals surface area (Å²) in [6, 6.07) is 3.71. The molecule has 1 fully saturated rings. The number of benzene rings is 1. The normalized spacial score (nSPS) is 18.4. The Morgan fingerprint density at radius 1 is 1.50 bits per heavy atom. The summed E-state index contributed by atoms with van der Waals surface area (Å²) in [4.78, 5) is 11.6. The highest BCUT2D eigenvalue weighted by Gasteiger charge is 2.15. The molecule has 1 saturated heterocycles. The molecule has 1 heterocycles. The number of nitrogens with one attached hydrogen (secondary N) is 2. The van der Waals surface area contributed by atoms with E-state index >= 15 is 0 Å². The third-order valence-electron chi connectivity index (χ3n) is 2.80. The smallest absolute Gasteiger partial charge is 0.319 e. The van der Waals surface area contributed by atoms with Gasteiger partial charge in [-0.1, -0.05) is 0 Å². The van der Waals surface area contributed by atoms with E-state index in [9.17, 15) is 9.18 Å². The highest BCUT2D eigenvalue weighted by Crippen LogP contribution is 2.20. The first kappa shape index (κ1) is 14.5. The number of carbonyl (C=O) groups is 1. The molecule has 2 rings (SSSR count). The molecule has 0 saturated carbocycles. The van der Waals surface area contributed by atoms with E-state index in [4.69, 9.17) is 14.2 Å². The number of rotatable bonds is 4. The van der Waals surface area contributed by atoms with Gasteiger partial charge in [0.2, 0.25) is 0 Å². The van der Waals surface area contributed by atoms with Crippen molar-refractivity contribution in [3.8, 4) is 5.75 Å². The number of amides is 2. The molecule has 0 aromatic heterocycles. The molecule has 0 radical (unpaired) electrons. The first-order valence-electron chi connectivity index (χ1n) is 6.27. The van der Waals surface area contributed by atoms with Gasteiger partial charge in [-0.15, -0.1) is 0 Å². The van der Waals surface area contributed by atoms with Crippen LogP contribution in [-0.2, 0) is 9.47 Å². The third kappa shape index (κ3) is 4.07. The molecule has 0 spiro atoms. The maximum absolute atomic E-state index is 13.6. The number of carbonyl (C=O) groups excluding carboxylic acids is 1. The average molecular weight is 284 g/mol.